The summed E-state index contributed by atoms with van der Waals surface area (Å²) in [7, 11) is 1.53. The summed E-state index contributed by atoms with van der Waals surface area (Å²) < 4.78 is 13.8. The normalized spacial score (nSPS) is 13.3. The molecule has 3 N–H and O–H groups in total. The van der Waals surface area contributed by atoms with Crippen LogP contribution in [-0.4, -0.2) is 55.5 Å². The first kappa shape index (κ1) is 32.6. The molecular weight excluding hydrogens is 686 g/mol. The molecule has 0 saturated heterocycles. The first-order valence-electron chi connectivity index (χ1n) is 17.0. The molecule has 54 heavy (non-hydrogen) atoms. The van der Waals surface area contributed by atoms with Crippen LogP contribution in [0.2, 0.25) is 0 Å². The maximum absolute atomic E-state index is 13.6. The van der Waals surface area contributed by atoms with Gasteiger partial charge in [0.25, 0.3) is 0 Å². The van der Waals surface area contributed by atoms with Crippen LogP contribution in [0.25, 0.3) is 32.9 Å². The Bertz CT molecular complexity index is 2810. The summed E-state index contributed by atoms with van der Waals surface area (Å²) >= 11 is 0. The van der Waals surface area contributed by atoms with E-state index in [9.17, 15) is 24.6 Å². The number of aromatic hydroxyl groups is 2. The van der Waals surface area contributed by atoms with Crippen LogP contribution in [0.15, 0.2) is 125 Å². The summed E-state index contributed by atoms with van der Waals surface area (Å²) in [4.78, 5) is 49.1. The van der Waals surface area contributed by atoms with E-state index in [0.717, 1.165) is 11.1 Å². The third-order valence-corrected chi connectivity index (χ3v) is 9.67. The molecule has 0 aliphatic carbocycles. The van der Waals surface area contributed by atoms with Crippen molar-refractivity contribution in [2.75, 3.05) is 12.4 Å². The van der Waals surface area contributed by atoms with Crippen molar-refractivity contribution < 1.29 is 34.1 Å². The molecule has 0 radical (unpaired) electrons. The summed E-state index contributed by atoms with van der Waals surface area (Å²) in [6.45, 7) is -0.241. The van der Waals surface area contributed by atoms with E-state index in [-0.39, 0.29) is 53.8 Å². The van der Waals surface area contributed by atoms with E-state index in [0.29, 0.717) is 55.6 Å². The molecule has 0 atom stereocenters. The third-order valence-electron chi connectivity index (χ3n) is 9.67. The molecule has 2 aliphatic heterocycles. The Labute approximate surface area is 306 Å². The van der Waals surface area contributed by atoms with Crippen molar-refractivity contribution in [1.82, 2.24) is 9.13 Å². The molecule has 5 aromatic carbocycles. The van der Waals surface area contributed by atoms with Gasteiger partial charge in [0.2, 0.25) is 23.3 Å². The standard InChI is InChI=1S/C42H29N5O7/c1-53-21-46-32-15-6-3-12-28(32)35(40(46)50)37-39(49)27-18-17-24(20-31(27)45-37)23-9-8-10-25(19-23)43-42(52)54-22-47-33-16-7-4-13-29(33)34(41(47)51)36-38(48)26-11-2-5-14-30(26)44-36/h2-20,50-51H,21-22H2,1H3,(H,43,52). The Morgan fingerprint density at radius 3 is 1.89 bits per heavy atom. The Hall–Kier alpha value is -7.31. The lowest BCUT2D eigenvalue weighted by Gasteiger charge is -2.11. The quantitative estimate of drug-likeness (QED) is 0.143. The number of aliphatic imine (C=N–C) groups is 2. The predicted molar refractivity (Wildman–Crippen MR) is 204 cm³/mol. The van der Waals surface area contributed by atoms with Crippen molar-refractivity contribution >= 4 is 68.0 Å². The van der Waals surface area contributed by atoms with Crippen LogP contribution in [0, 0.1) is 0 Å². The van der Waals surface area contributed by atoms with E-state index in [1.807, 2.05) is 30.3 Å². The lowest BCUT2D eigenvalue weighted by atomic mass is 9.99. The van der Waals surface area contributed by atoms with Crippen LogP contribution in [0.5, 0.6) is 11.8 Å². The molecule has 0 bridgehead atoms. The Kier molecular flexibility index (Phi) is 7.68. The topological polar surface area (TPSA) is 157 Å². The Balaban J connectivity index is 0.947. The number of nitrogens with zero attached hydrogens (tertiary/aromatic N) is 4. The first-order chi connectivity index (χ1) is 26.3. The van der Waals surface area contributed by atoms with E-state index in [4.69, 9.17) is 9.47 Å². The SMILES string of the molecule is COCn1c(O)c(C2=Nc3cc(-c4cccc(NC(=O)OCn5c(O)c(C6=Nc7ccccc7C6=O)c6ccccc65)c4)ccc3C2=O)c2ccccc21. The number of aromatic nitrogens is 2. The molecule has 264 valence electrons. The summed E-state index contributed by atoms with van der Waals surface area (Å²) in [6, 6.07) is 33.9. The van der Waals surface area contributed by atoms with Gasteiger partial charge in [0.1, 0.15) is 18.2 Å². The molecule has 2 aromatic heterocycles. The van der Waals surface area contributed by atoms with Gasteiger partial charge in [-0.2, -0.15) is 0 Å². The number of benzene rings is 5. The molecule has 0 unspecified atom stereocenters. The second-order valence-corrected chi connectivity index (χ2v) is 12.8. The fourth-order valence-electron chi connectivity index (χ4n) is 7.19. The average molecular weight is 716 g/mol. The molecule has 9 rings (SSSR count). The van der Waals surface area contributed by atoms with E-state index >= 15 is 0 Å². The van der Waals surface area contributed by atoms with Crippen LogP contribution in [0.4, 0.5) is 21.9 Å². The lowest BCUT2D eigenvalue weighted by molar-refractivity contribution is 0.106. The minimum atomic E-state index is -0.770. The molecule has 0 fully saturated rings. The van der Waals surface area contributed by atoms with Gasteiger partial charge < -0.3 is 19.7 Å². The van der Waals surface area contributed by atoms with Crippen LogP contribution in [0.1, 0.15) is 31.8 Å². The lowest BCUT2D eigenvalue weighted by Crippen LogP contribution is -2.16. The molecule has 12 heteroatoms. The van der Waals surface area contributed by atoms with Gasteiger partial charge in [-0.15, -0.1) is 0 Å². The molecule has 12 nitrogen and oxygen atoms in total. The van der Waals surface area contributed by atoms with Gasteiger partial charge in [-0.1, -0.05) is 66.7 Å². The minimum absolute atomic E-state index is 0.101. The highest BCUT2D eigenvalue weighted by molar-refractivity contribution is 6.57. The van der Waals surface area contributed by atoms with E-state index in [1.54, 1.807) is 89.5 Å². The smallest absolute Gasteiger partial charge is 0.413 e. The van der Waals surface area contributed by atoms with Gasteiger partial charge >= 0.3 is 6.09 Å². The zero-order chi connectivity index (χ0) is 37.1. The summed E-state index contributed by atoms with van der Waals surface area (Å²) in [6.07, 6.45) is -0.770. The highest BCUT2D eigenvalue weighted by Gasteiger charge is 2.33. The number of amides is 1. The Morgan fingerprint density at radius 2 is 1.22 bits per heavy atom. The monoisotopic (exact) mass is 715 g/mol. The zero-order valence-corrected chi connectivity index (χ0v) is 28.6. The van der Waals surface area contributed by atoms with Gasteiger partial charge in [-0.05, 0) is 59.7 Å². The largest absolute Gasteiger partial charge is 0.494 e. The van der Waals surface area contributed by atoms with Crippen LogP contribution in [-0.2, 0) is 22.9 Å². The highest BCUT2D eigenvalue weighted by Crippen LogP contribution is 2.40. The number of anilines is 1. The number of para-hydroxylation sites is 3. The van der Waals surface area contributed by atoms with Gasteiger partial charge in [0.15, 0.2) is 6.73 Å². The molecule has 7 aromatic rings. The van der Waals surface area contributed by atoms with E-state index in [2.05, 4.69) is 15.3 Å². The maximum atomic E-state index is 13.6. The summed E-state index contributed by atoms with van der Waals surface area (Å²) in [5, 5.41) is 26.5. The average Bonchev–Trinajstić information content (AvgIpc) is 3.87. The van der Waals surface area contributed by atoms with Gasteiger partial charge in [-0.25, -0.2) is 14.8 Å². The maximum Gasteiger partial charge on any atom is 0.413 e. The van der Waals surface area contributed by atoms with Crippen molar-refractivity contribution in [3.05, 3.63) is 138 Å². The molecular formula is C42H29N5O7. The van der Waals surface area contributed by atoms with Crippen molar-refractivity contribution in [2.24, 2.45) is 9.98 Å². The van der Waals surface area contributed by atoms with Crippen molar-refractivity contribution in [3.8, 4) is 22.9 Å². The van der Waals surface area contributed by atoms with Crippen LogP contribution < -0.4 is 5.32 Å². The van der Waals surface area contributed by atoms with Crippen molar-refractivity contribution in [3.63, 3.8) is 0 Å². The number of Topliss-reactive ketones (excluding diaryl/α,β-unsaturated/α-hetero) is 2. The van der Waals surface area contributed by atoms with E-state index in [1.165, 1.54) is 11.7 Å². The predicted octanol–water partition coefficient (Wildman–Crippen LogP) is 8.12. The summed E-state index contributed by atoms with van der Waals surface area (Å²) in [5.41, 5.74) is 5.94. The van der Waals surface area contributed by atoms with Crippen molar-refractivity contribution in [1.29, 1.82) is 0 Å². The number of carbonyl (C=O) groups is 3. The number of fused-ring (bicyclic) bond motifs is 4. The molecule has 2 aliphatic rings. The van der Waals surface area contributed by atoms with Gasteiger partial charge in [-0.3, -0.25) is 24.0 Å². The number of hydrogen-bond donors (Lipinski definition) is 3. The fourth-order valence-corrected chi connectivity index (χ4v) is 7.19. The number of hydrogen-bond acceptors (Lipinski definition) is 9. The van der Waals surface area contributed by atoms with E-state index < -0.39 is 6.09 Å². The number of ether oxygens (including phenoxy) is 2. The molecule has 1 amide bonds. The number of methoxy groups -OCH3 is 1. The minimum Gasteiger partial charge on any atom is -0.494 e. The number of carbonyl (C=O) groups excluding carboxylic acids is 3. The fraction of sp³-hybridized carbons (Fsp3) is 0.0714. The third kappa shape index (κ3) is 5.15. The number of nitrogens with one attached hydrogen (secondary N) is 1. The highest BCUT2D eigenvalue weighted by atomic mass is 16.6. The van der Waals surface area contributed by atoms with Crippen LogP contribution in [0.3, 0.4) is 0 Å². The molecule has 0 saturated carbocycles. The molecule has 4 heterocycles. The number of ketones is 2. The molecule has 0 spiro atoms. The van der Waals surface area contributed by atoms with Gasteiger partial charge in [0, 0.05) is 34.7 Å². The zero-order valence-electron chi connectivity index (χ0n) is 28.6. The second kappa shape index (κ2) is 12.7. The van der Waals surface area contributed by atoms with Gasteiger partial charge in [0.05, 0.1) is 33.5 Å². The Morgan fingerprint density at radius 1 is 0.648 bits per heavy atom. The number of rotatable bonds is 8. The van der Waals surface area contributed by atoms with Crippen LogP contribution >= 0.6 is 0 Å². The summed E-state index contributed by atoms with van der Waals surface area (Å²) in [5.74, 6) is -0.946. The second-order valence-electron chi connectivity index (χ2n) is 12.8. The first-order valence-corrected chi connectivity index (χ1v) is 17.0. The van der Waals surface area contributed by atoms with Crippen molar-refractivity contribution in [2.45, 2.75) is 13.5 Å².